The van der Waals surface area contributed by atoms with Crippen LogP contribution < -0.4 is 5.73 Å². The molecule has 1 rings (SSSR count). The van der Waals surface area contributed by atoms with Crippen LogP contribution in [0.1, 0.15) is 16.7 Å². The monoisotopic (exact) mass is 233 g/mol. The third kappa shape index (κ3) is 3.87. The maximum Gasteiger partial charge on any atom is 0.0378 e. The summed E-state index contributed by atoms with van der Waals surface area (Å²) in [5.74, 6) is 0.521. The second kappa shape index (κ2) is 6.28. The molecule has 1 nitrogen and oxygen atoms in total. The summed E-state index contributed by atoms with van der Waals surface area (Å²) in [7, 11) is 0. The summed E-state index contributed by atoms with van der Waals surface area (Å²) < 4.78 is 0. The Hall–Kier alpha value is -0.240. The summed E-state index contributed by atoms with van der Waals surface area (Å²) in [6.07, 6.45) is 0.871. The first-order chi connectivity index (χ1) is 6.13. The van der Waals surface area contributed by atoms with Gasteiger partial charge in [-0.15, -0.1) is 24.0 Å². The van der Waals surface area contributed by atoms with Gasteiger partial charge in [0.05, 0.1) is 0 Å². The lowest BCUT2D eigenvalue weighted by atomic mass is 10.0. The molecule has 0 saturated heterocycles. The second-order valence-electron chi connectivity index (χ2n) is 3.55. The summed E-state index contributed by atoms with van der Waals surface area (Å²) in [5.41, 5.74) is 9.68. The molecule has 3 heteroatoms. The molecule has 0 saturated carbocycles. The Labute approximate surface area is 97.1 Å². The predicted molar refractivity (Wildman–Crippen MR) is 65.6 cm³/mol. The quantitative estimate of drug-likeness (QED) is 0.799. The molecule has 0 bridgehead atoms. The van der Waals surface area contributed by atoms with Gasteiger partial charge >= 0.3 is 0 Å². The zero-order valence-electron chi connectivity index (χ0n) is 8.59. The fourth-order valence-electron chi connectivity index (χ4n) is 1.41. The molecular weight excluding hydrogens is 217 g/mol. The van der Waals surface area contributed by atoms with Crippen molar-refractivity contribution in [3.05, 3.63) is 34.9 Å². The Morgan fingerprint density at radius 3 is 2.50 bits per heavy atom. The predicted octanol–water partition coefficient (Wildman–Crippen LogP) is 2.83. The van der Waals surface area contributed by atoms with E-state index in [1.165, 1.54) is 16.7 Å². The Morgan fingerprint density at radius 1 is 1.36 bits per heavy atom. The minimum absolute atomic E-state index is 0. The van der Waals surface area contributed by atoms with Gasteiger partial charge < -0.3 is 5.73 Å². The zero-order valence-corrected chi connectivity index (χ0v) is 10.2. The highest BCUT2D eigenvalue weighted by atomic mass is 35.5. The minimum Gasteiger partial charge on any atom is -0.326 e. The molecule has 0 amide bonds. The highest BCUT2D eigenvalue weighted by Gasteiger charge is 2.04. The van der Waals surface area contributed by atoms with E-state index in [0.29, 0.717) is 5.88 Å². The third-order valence-electron chi connectivity index (χ3n) is 2.18. The summed E-state index contributed by atoms with van der Waals surface area (Å²) >= 11 is 5.66. The van der Waals surface area contributed by atoms with Crippen molar-refractivity contribution in [1.82, 2.24) is 0 Å². The average Bonchev–Trinajstić information content (AvgIpc) is 2.09. The van der Waals surface area contributed by atoms with Gasteiger partial charge in [0, 0.05) is 11.9 Å². The minimum atomic E-state index is 0. The topological polar surface area (TPSA) is 26.0 Å². The van der Waals surface area contributed by atoms with Crippen LogP contribution in [0.25, 0.3) is 0 Å². The number of halogens is 2. The molecule has 0 aliphatic carbocycles. The van der Waals surface area contributed by atoms with Crippen molar-refractivity contribution in [2.45, 2.75) is 26.3 Å². The van der Waals surface area contributed by atoms with Crippen LogP contribution in [0.5, 0.6) is 0 Å². The van der Waals surface area contributed by atoms with E-state index in [0.717, 1.165) is 6.42 Å². The van der Waals surface area contributed by atoms with Crippen molar-refractivity contribution in [3.8, 4) is 0 Å². The maximum atomic E-state index is 5.78. The van der Waals surface area contributed by atoms with E-state index in [2.05, 4.69) is 32.0 Å². The van der Waals surface area contributed by atoms with Gasteiger partial charge in [-0.3, -0.25) is 0 Å². The second-order valence-corrected chi connectivity index (χ2v) is 3.86. The number of hydrogen-bond donors (Lipinski definition) is 1. The molecule has 0 aliphatic rings. The smallest absolute Gasteiger partial charge is 0.0378 e. The van der Waals surface area contributed by atoms with Crippen LogP contribution in [0.2, 0.25) is 0 Å². The van der Waals surface area contributed by atoms with Gasteiger partial charge in [-0.25, -0.2) is 0 Å². The SMILES string of the molecule is Cc1ccc(C[C@@H](N)CCl)c(C)c1.Cl. The molecular formula is C11H17Cl2N. The molecule has 2 N–H and O–H groups in total. The first kappa shape index (κ1) is 13.8. The standard InChI is InChI=1S/C11H16ClN.ClH/c1-8-3-4-10(9(2)5-8)6-11(13)7-12;/h3-5,11H,6-7,13H2,1-2H3;1H/t11-;/m1./s1. The molecule has 1 atom stereocenters. The Balaban J connectivity index is 0.00000169. The normalized spacial score (nSPS) is 12.0. The van der Waals surface area contributed by atoms with Crippen molar-refractivity contribution >= 4 is 24.0 Å². The first-order valence-corrected chi connectivity index (χ1v) is 5.04. The molecule has 0 aromatic heterocycles. The average molecular weight is 234 g/mol. The molecule has 0 radical (unpaired) electrons. The van der Waals surface area contributed by atoms with Crippen LogP contribution in [0.15, 0.2) is 18.2 Å². The Kier molecular flexibility index (Phi) is 6.17. The number of nitrogens with two attached hydrogens (primary N) is 1. The van der Waals surface area contributed by atoms with Crippen LogP contribution in [0, 0.1) is 13.8 Å². The molecule has 1 aromatic carbocycles. The molecule has 0 aliphatic heterocycles. The third-order valence-corrected chi connectivity index (χ3v) is 2.57. The number of rotatable bonds is 3. The van der Waals surface area contributed by atoms with Gasteiger partial charge in [0.25, 0.3) is 0 Å². The van der Waals surface area contributed by atoms with Crippen LogP contribution in [0.3, 0.4) is 0 Å². The molecule has 0 unspecified atom stereocenters. The van der Waals surface area contributed by atoms with Gasteiger partial charge in [-0.2, -0.15) is 0 Å². The van der Waals surface area contributed by atoms with E-state index in [-0.39, 0.29) is 18.4 Å². The van der Waals surface area contributed by atoms with E-state index >= 15 is 0 Å². The Bertz CT molecular complexity index is 287. The van der Waals surface area contributed by atoms with Crippen molar-refractivity contribution in [3.63, 3.8) is 0 Å². The zero-order chi connectivity index (χ0) is 9.84. The number of benzene rings is 1. The van der Waals surface area contributed by atoms with Crippen LogP contribution in [0.4, 0.5) is 0 Å². The lowest BCUT2D eigenvalue weighted by molar-refractivity contribution is 0.741. The summed E-state index contributed by atoms with van der Waals surface area (Å²) in [5, 5.41) is 0. The van der Waals surface area contributed by atoms with Gasteiger partial charge in [-0.1, -0.05) is 23.8 Å². The van der Waals surface area contributed by atoms with E-state index in [9.17, 15) is 0 Å². The van der Waals surface area contributed by atoms with E-state index < -0.39 is 0 Å². The molecule has 1 aromatic rings. The maximum absolute atomic E-state index is 5.78. The van der Waals surface area contributed by atoms with Crippen LogP contribution in [-0.2, 0) is 6.42 Å². The fourth-order valence-corrected chi connectivity index (χ4v) is 1.52. The highest BCUT2D eigenvalue weighted by molar-refractivity contribution is 6.18. The summed E-state index contributed by atoms with van der Waals surface area (Å²) in [6, 6.07) is 6.50. The van der Waals surface area contributed by atoms with E-state index in [1.807, 2.05) is 0 Å². The largest absolute Gasteiger partial charge is 0.326 e. The molecule has 0 heterocycles. The number of alkyl halides is 1. The van der Waals surface area contributed by atoms with Crippen LogP contribution in [-0.4, -0.2) is 11.9 Å². The van der Waals surface area contributed by atoms with Crippen molar-refractivity contribution in [2.75, 3.05) is 5.88 Å². The van der Waals surface area contributed by atoms with Crippen molar-refractivity contribution < 1.29 is 0 Å². The lowest BCUT2D eigenvalue weighted by Gasteiger charge is -2.10. The number of aryl methyl sites for hydroxylation is 2. The van der Waals surface area contributed by atoms with Gasteiger partial charge in [0.1, 0.15) is 0 Å². The van der Waals surface area contributed by atoms with Crippen LogP contribution >= 0.6 is 24.0 Å². The summed E-state index contributed by atoms with van der Waals surface area (Å²) in [6.45, 7) is 4.21. The first-order valence-electron chi connectivity index (χ1n) is 4.51. The lowest BCUT2D eigenvalue weighted by Crippen LogP contribution is -2.24. The van der Waals surface area contributed by atoms with Gasteiger partial charge in [0.2, 0.25) is 0 Å². The molecule has 0 fully saturated rings. The fraction of sp³-hybridized carbons (Fsp3) is 0.455. The van der Waals surface area contributed by atoms with Crippen molar-refractivity contribution in [1.29, 1.82) is 0 Å². The van der Waals surface area contributed by atoms with Crippen molar-refractivity contribution in [2.24, 2.45) is 5.73 Å². The molecule has 80 valence electrons. The highest BCUT2D eigenvalue weighted by Crippen LogP contribution is 2.12. The van der Waals surface area contributed by atoms with Gasteiger partial charge in [-0.05, 0) is 31.4 Å². The number of hydrogen-bond acceptors (Lipinski definition) is 1. The molecule has 0 spiro atoms. The Morgan fingerprint density at radius 2 is 2.00 bits per heavy atom. The molecule has 14 heavy (non-hydrogen) atoms. The summed E-state index contributed by atoms with van der Waals surface area (Å²) in [4.78, 5) is 0. The van der Waals surface area contributed by atoms with E-state index in [4.69, 9.17) is 17.3 Å². The van der Waals surface area contributed by atoms with E-state index in [1.54, 1.807) is 0 Å². The van der Waals surface area contributed by atoms with Gasteiger partial charge in [0.15, 0.2) is 0 Å².